The number of fused-ring (bicyclic) bond motifs is 2. The molecule has 19 heteroatoms. The molecule has 0 aliphatic heterocycles. The number of carboxylic acid groups (broad SMARTS) is 1. The Labute approximate surface area is 369 Å². The highest BCUT2D eigenvalue weighted by Gasteiger charge is 2.33. The van der Waals surface area contributed by atoms with E-state index in [0.717, 1.165) is 84.8 Å². The zero-order valence-electron chi connectivity index (χ0n) is 37.5. The number of nitrogens with two attached hydrogens (primary N) is 3. The van der Waals surface area contributed by atoms with Crippen LogP contribution in [0.25, 0.3) is 0 Å². The summed E-state index contributed by atoms with van der Waals surface area (Å²) in [5.74, 6) is -0.154. The molecule has 6 aromatic heterocycles. The predicted octanol–water partition coefficient (Wildman–Crippen LogP) is 6.30. The monoisotopic (exact) mass is 878 g/mol. The Hall–Kier alpha value is -6.34. The Morgan fingerprint density at radius 2 is 1.46 bits per heavy atom. The van der Waals surface area contributed by atoms with E-state index in [9.17, 15) is 14.7 Å². The number of amides is 1. The number of nitrogens with one attached hydrogen (secondary N) is 2. The number of H-pyrrole nitrogens is 1. The lowest BCUT2D eigenvalue weighted by atomic mass is 9.76. The van der Waals surface area contributed by atoms with Crippen LogP contribution in [0.5, 0.6) is 0 Å². The Morgan fingerprint density at radius 1 is 0.857 bits per heavy atom. The van der Waals surface area contributed by atoms with Gasteiger partial charge in [-0.1, -0.05) is 47.3 Å². The maximum absolute atomic E-state index is 12.7. The fourth-order valence-electron chi connectivity index (χ4n) is 7.57. The van der Waals surface area contributed by atoms with Gasteiger partial charge in [0.2, 0.25) is 0 Å². The number of aromatic carboxylic acids is 1. The summed E-state index contributed by atoms with van der Waals surface area (Å²) in [5, 5.41) is 32.2. The highest BCUT2D eigenvalue weighted by molar-refractivity contribution is 6.76. The molecule has 0 fully saturated rings. The maximum atomic E-state index is 12.7. The van der Waals surface area contributed by atoms with Gasteiger partial charge in [0, 0.05) is 62.0 Å². The van der Waals surface area contributed by atoms with Crippen LogP contribution >= 0.6 is 0 Å². The highest BCUT2D eigenvalue weighted by atomic mass is 28.3. The number of nitrogens with zero attached hydrogens (tertiary/aromatic N) is 9. The second-order valence-corrected chi connectivity index (χ2v) is 24.8. The van der Waals surface area contributed by atoms with Crippen molar-refractivity contribution >= 4 is 43.0 Å². The zero-order valence-corrected chi connectivity index (χ0v) is 38.5. The molecular formula is C44H62N14O4Si. The molecule has 6 heterocycles. The first-order chi connectivity index (χ1) is 29.7. The van der Waals surface area contributed by atoms with E-state index in [2.05, 4.69) is 88.1 Å². The lowest BCUT2D eigenvalue weighted by Crippen LogP contribution is -2.25. The molecule has 0 unspecified atom stereocenters. The van der Waals surface area contributed by atoms with Gasteiger partial charge in [-0.3, -0.25) is 19.3 Å². The van der Waals surface area contributed by atoms with Crippen molar-refractivity contribution in [2.45, 2.75) is 112 Å². The van der Waals surface area contributed by atoms with E-state index in [1.54, 1.807) is 57.3 Å². The molecule has 2 aliphatic carbocycles. The highest BCUT2D eigenvalue weighted by Crippen LogP contribution is 2.37. The summed E-state index contributed by atoms with van der Waals surface area (Å²) in [6.45, 7) is 18.2. The molecule has 0 bridgehead atoms. The number of ether oxygens (including phenoxy) is 1. The van der Waals surface area contributed by atoms with Crippen LogP contribution in [-0.4, -0.2) is 81.2 Å². The molecule has 0 saturated carbocycles. The number of pyridine rings is 2. The number of carbonyl (C=O) groups is 2. The van der Waals surface area contributed by atoms with Crippen LogP contribution in [0.2, 0.25) is 25.7 Å². The van der Waals surface area contributed by atoms with Crippen LogP contribution in [0.1, 0.15) is 95.2 Å². The fourth-order valence-corrected chi connectivity index (χ4v) is 8.33. The average molecular weight is 879 g/mol. The van der Waals surface area contributed by atoms with Crippen molar-refractivity contribution in [2.75, 3.05) is 29.1 Å². The summed E-state index contributed by atoms with van der Waals surface area (Å²) in [6.07, 6.45) is 15.6. The topological polar surface area (TPSA) is 262 Å². The molecule has 336 valence electrons. The molecule has 0 spiro atoms. The number of anilines is 4. The number of hydrogen-bond acceptors (Lipinski definition) is 12. The Balaban J connectivity index is 0.000000165. The molecule has 9 N–H and O–H groups in total. The molecular weight excluding hydrogens is 817 g/mol. The van der Waals surface area contributed by atoms with Crippen LogP contribution in [0.15, 0.2) is 61.4 Å². The largest absolute Gasteiger partial charge is 0.476 e. The molecule has 0 radical (unpaired) electrons. The van der Waals surface area contributed by atoms with Gasteiger partial charge in [-0.2, -0.15) is 20.4 Å². The molecule has 0 atom stereocenters. The number of carbonyl (C=O) groups excluding carboxylic acids is 1. The van der Waals surface area contributed by atoms with E-state index in [4.69, 9.17) is 21.9 Å². The van der Waals surface area contributed by atoms with E-state index in [0.29, 0.717) is 48.5 Å². The number of carboxylic acids is 1. The van der Waals surface area contributed by atoms with Gasteiger partial charge in [-0.05, 0) is 90.8 Å². The Bertz CT molecular complexity index is 2510. The quantitative estimate of drug-likeness (QED) is 0.0583. The Morgan fingerprint density at radius 3 is 2.05 bits per heavy atom. The van der Waals surface area contributed by atoms with Crippen molar-refractivity contribution in [1.29, 1.82) is 0 Å². The van der Waals surface area contributed by atoms with E-state index in [-0.39, 0.29) is 22.4 Å². The van der Waals surface area contributed by atoms with Crippen molar-refractivity contribution in [1.82, 2.24) is 49.5 Å². The number of rotatable bonds is 12. The summed E-state index contributed by atoms with van der Waals surface area (Å²) in [4.78, 5) is 32.0. The molecule has 8 rings (SSSR count). The van der Waals surface area contributed by atoms with Gasteiger partial charge in [0.1, 0.15) is 18.4 Å². The molecule has 18 nitrogen and oxygen atoms in total. The Kier molecular flexibility index (Phi) is 14.2. The second kappa shape index (κ2) is 19.4. The van der Waals surface area contributed by atoms with Gasteiger partial charge < -0.3 is 32.4 Å². The molecule has 0 aromatic carbocycles. The van der Waals surface area contributed by atoms with Gasteiger partial charge in [0.25, 0.3) is 5.91 Å². The first kappa shape index (κ1) is 46.2. The van der Waals surface area contributed by atoms with Crippen molar-refractivity contribution < 1.29 is 19.4 Å². The second-order valence-electron chi connectivity index (χ2n) is 19.2. The number of aromatic nitrogens is 10. The molecule has 2 aliphatic rings. The zero-order chi connectivity index (χ0) is 45.5. The van der Waals surface area contributed by atoms with E-state index in [1.165, 1.54) is 0 Å². The van der Waals surface area contributed by atoms with E-state index < -0.39 is 14.0 Å². The van der Waals surface area contributed by atoms with Crippen molar-refractivity contribution in [3.63, 3.8) is 0 Å². The van der Waals surface area contributed by atoms with Crippen LogP contribution in [0.4, 0.5) is 23.0 Å². The van der Waals surface area contributed by atoms with E-state index in [1.807, 2.05) is 18.2 Å². The smallest absolute Gasteiger partial charge is 0.356 e. The SMILES string of the molecule is CC1(C)CCc2c(C(=O)Nc3cnn(Cc4ccnc(N)c4)c3)n[nH]c2C1.CC1(C)CCc2c(C(=O)O)nn(COCC[Si](C)(C)C)c2C1.Nc1cnn(Cc2ccnc(N)c2)c1. The standard InChI is InChI=1S/C19H23N7O.C16H28N2O3Si.C9H11N5/c1-19(2)5-3-14-15(8-19)24-25-17(14)18(27)23-13-9-22-26(11-13)10-12-4-6-21-16(20)7-12;1-16(2)7-6-12-13(10-16)18(17-14(12)15(19)20)11-21-8-9-22(3,4)5;10-8-4-13-14(6-8)5-7-1-2-12-9(11)3-7/h4,6-7,9,11H,3,5,8,10H2,1-2H3,(H2,20,21)(H,23,27)(H,24,25);6-11H2,1-5H3,(H,19,20);1-4,6H,5,10H2,(H2,11,12). The number of nitrogen functional groups attached to an aromatic ring is 3. The predicted molar refractivity (Wildman–Crippen MR) is 246 cm³/mol. The summed E-state index contributed by atoms with van der Waals surface area (Å²) < 4.78 is 11.0. The van der Waals surface area contributed by atoms with Crippen LogP contribution in [-0.2, 0) is 50.2 Å². The van der Waals surface area contributed by atoms with Crippen molar-refractivity contribution in [2.24, 2.45) is 10.8 Å². The third-order valence-corrected chi connectivity index (χ3v) is 12.8. The van der Waals surface area contributed by atoms with Crippen molar-refractivity contribution in [3.8, 4) is 0 Å². The summed E-state index contributed by atoms with van der Waals surface area (Å²) in [5.41, 5.74) is 25.3. The first-order valence-electron chi connectivity index (χ1n) is 21.2. The van der Waals surface area contributed by atoms with Crippen LogP contribution < -0.4 is 22.5 Å². The minimum absolute atomic E-state index is 0.193. The first-order valence-corrected chi connectivity index (χ1v) is 24.9. The van der Waals surface area contributed by atoms with Crippen LogP contribution in [0.3, 0.4) is 0 Å². The van der Waals surface area contributed by atoms with Gasteiger partial charge in [-0.25, -0.2) is 19.4 Å². The molecule has 63 heavy (non-hydrogen) atoms. The van der Waals surface area contributed by atoms with Gasteiger partial charge in [0.15, 0.2) is 11.4 Å². The number of hydrogen-bond donors (Lipinski definition) is 6. The third-order valence-electron chi connectivity index (χ3n) is 11.1. The van der Waals surface area contributed by atoms with Crippen molar-refractivity contribution in [3.05, 3.63) is 106 Å². The lowest BCUT2D eigenvalue weighted by molar-refractivity contribution is 0.0667. The summed E-state index contributed by atoms with van der Waals surface area (Å²) in [7, 11) is -1.11. The molecule has 1 amide bonds. The third kappa shape index (κ3) is 13.1. The van der Waals surface area contributed by atoms with Gasteiger partial charge >= 0.3 is 5.97 Å². The molecule has 0 saturated heterocycles. The summed E-state index contributed by atoms with van der Waals surface area (Å²) >= 11 is 0. The lowest BCUT2D eigenvalue weighted by Gasteiger charge is -2.30. The minimum atomic E-state index is -1.11. The maximum Gasteiger partial charge on any atom is 0.356 e. The number of aromatic amines is 1. The minimum Gasteiger partial charge on any atom is -0.476 e. The van der Waals surface area contributed by atoms with Crippen LogP contribution in [0, 0.1) is 10.8 Å². The normalized spacial score (nSPS) is 14.9. The van der Waals surface area contributed by atoms with E-state index >= 15 is 0 Å². The summed E-state index contributed by atoms with van der Waals surface area (Å²) in [6, 6.07) is 8.51. The fraction of sp³-hybridized carbons (Fsp3) is 0.455. The van der Waals surface area contributed by atoms with Gasteiger partial charge in [0.05, 0.1) is 36.9 Å². The average Bonchev–Trinajstić information content (AvgIpc) is 3.99. The van der Waals surface area contributed by atoms with Gasteiger partial charge in [-0.15, -0.1) is 0 Å². The molecule has 6 aromatic rings.